The second kappa shape index (κ2) is 8.11. The maximum Gasteiger partial charge on any atom is 0.0897 e. The summed E-state index contributed by atoms with van der Waals surface area (Å²) in [6.07, 6.45) is 5.80. The summed E-state index contributed by atoms with van der Waals surface area (Å²) in [6.45, 7) is 8.30. The summed E-state index contributed by atoms with van der Waals surface area (Å²) >= 11 is 0. The van der Waals surface area contributed by atoms with Crippen molar-refractivity contribution in [1.82, 2.24) is 4.90 Å². The van der Waals surface area contributed by atoms with Gasteiger partial charge in [0.15, 0.2) is 0 Å². The molecule has 108 valence electrons. The summed E-state index contributed by atoms with van der Waals surface area (Å²) in [6, 6.07) is 0. The Bertz CT molecular complexity index is 211. The zero-order valence-electron chi connectivity index (χ0n) is 12.4. The molecule has 1 heterocycles. The van der Waals surface area contributed by atoms with Crippen LogP contribution >= 0.6 is 0 Å². The minimum atomic E-state index is -0.141. The van der Waals surface area contributed by atoms with Crippen LogP contribution in [0.1, 0.15) is 46.0 Å². The number of alkyl halides is 1. The molecule has 1 aliphatic heterocycles. The Morgan fingerprint density at radius 2 is 1.83 bits per heavy atom. The van der Waals surface area contributed by atoms with Gasteiger partial charge in [-0.3, -0.25) is 4.39 Å². The van der Waals surface area contributed by atoms with Crippen molar-refractivity contribution in [3.05, 3.63) is 0 Å². The third-order valence-corrected chi connectivity index (χ3v) is 4.19. The molecule has 0 atom stereocenters. The van der Waals surface area contributed by atoms with Crippen LogP contribution in [0.15, 0.2) is 0 Å². The van der Waals surface area contributed by atoms with Gasteiger partial charge in [0, 0.05) is 19.1 Å². The first-order chi connectivity index (χ1) is 8.78. The average molecular weight is 259 g/mol. The van der Waals surface area contributed by atoms with Gasteiger partial charge in [0.25, 0.3) is 0 Å². The molecule has 2 fully saturated rings. The molecule has 2 rings (SSSR count). The Morgan fingerprint density at radius 1 is 1.22 bits per heavy atom. The van der Waals surface area contributed by atoms with Crippen molar-refractivity contribution in [2.75, 3.05) is 40.0 Å². The molecule has 3 heteroatoms. The van der Waals surface area contributed by atoms with Gasteiger partial charge in [0.1, 0.15) is 0 Å². The molecular formula is C15H30FNO. The maximum absolute atomic E-state index is 12.2. The van der Waals surface area contributed by atoms with Gasteiger partial charge in [0.05, 0.1) is 13.3 Å². The molecule has 0 amide bonds. The van der Waals surface area contributed by atoms with Crippen LogP contribution in [-0.4, -0.2) is 44.9 Å². The van der Waals surface area contributed by atoms with Gasteiger partial charge < -0.3 is 9.64 Å². The Labute approximate surface area is 112 Å². The van der Waals surface area contributed by atoms with Gasteiger partial charge in [-0.05, 0) is 51.1 Å². The number of hydrogen-bond acceptors (Lipinski definition) is 2. The van der Waals surface area contributed by atoms with Crippen molar-refractivity contribution >= 4 is 0 Å². The highest BCUT2D eigenvalue weighted by atomic mass is 19.1. The third-order valence-electron chi connectivity index (χ3n) is 4.19. The number of ether oxygens (including phenoxy) is 1. The normalized spacial score (nSPS) is 23.3. The molecule has 1 saturated heterocycles. The van der Waals surface area contributed by atoms with E-state index in [1.54, 1.807) is 7.11 Å². The summed E-state index contributed by atoms with van der Waals surface area (Å²) in [7, 11) is 1.80. The molecule has 0 radical (unpaired) electrons. The molecule has 1 saturated carbocycles. The Balaban J connectivity index is 0.000000771. The zero-order chi connectivity index (χ0) is 13.4. The highest BCUT2D eigenvalue weighted by Gasteiger charge is 2.44. The topological polar surface area (TPSA) is 12.5 Å². The largest absolute Gasteiger partial charge is 0.384 e. The van der Waals surface area contributed by atoms with Crippen LogP contribution < -0.4 is 0 Å². The van der Waals surface area contributed by atoms with Crippen molar-refractivity contribution < 1.29 is 9.13 Å². The molecule has 0 spiro atoms. The number of rotatable bonds is 6. The highest BCUT2D eigenvalue weighted by molar-refractivity contribution is 4.96. The number of methoxy groups -OCH3 is 1. The van der Waals surface area contributed by atoms with E-state index in [9.17, 15) is 4.39 Å². The van der Waals surface area contributed by atoms with Gasteiger partial charge in [-0.1, -0.05) is 13.8 Å². The van der Waals surface area contributed by atoms with Crippen molar-refractivity contribution in [3.8, 4) is 0 Å². The SMILES string of the molecule is CC.COCC1(CN2CCC(CCF)CC2)CC1. The molecule has 0 aromatic heterocycles. The van der Waals surface area contributed by atoms with E-state index in [0.717, 1.165) is 26.1 Å². The van der Waals surface area contributed by atoms with Gasteiger partial charge >= 0.3 is 0 Å². The smallest absolute Gasteiger partial charge is 0.0897 e. The molecule has 0 aromatic rings. The fraction of sp³-hybridized carbons (Fsp3) is 1.00. The monoisotopic (exact) mass is 259 g/mol. The molecular weight excluding hydrogens is 229 g/mol. The zero-order valence-corrected chi connectivity index (χ0v) is 12.4. The molecule has 2 nitrogen and oxygen atoms in total. The summed E-state index contributed by atoms with van der Waals surface area (Å²) < 4.78 is 17.5. The molecule has 0 bridgehead atoms. The Kier molecular flexibility index (Phi) is 7.16. The number of hydrogen-bond donors (Lipinski definition) is 0. The number of piperidine rings is 1. The van der Waals surface area contributed by atoms with Crippen LogP contribution in [0, 0.1) is 11.3 Å². The second-order valence-corrected chi connectivity index (χ2v) is 5.63. The summed E-state index contributed by atoms with van der Waals surface area (Å²) in [5, 5.41) is 0. The maximum atomic E-state index is 12.2. The molecule has 2 aliphatic rings. The average Bonchev–Trinajstić information content (AvgIpc) is 3.15. The van der Waals surface area contributed by atoms with Gasteiger partial charge in [0.2, 0.25) is 0 Å². The first-order valence-corrected chi connectivity index (χ1v) is 7.55. The van der Waals surface area contributed by atoms with E-state index < -0.39 is 0 Å². The lowest BCUT2D eigenvalue weighted by atomic mass is 9.93. The van der Waals surface area contributed by atoms with Crippen LogP contribution in [0.5, 0.6) is 0 Å². The van der Waals surface area contributed by atoms with Crippen molar-refractivity contribution in [3.63, 3.8) is 0 Å². The summed E-state index contributed by atoms with van der Waals surface area (Å²) in [4.78, 5) is 2.56. The minimum absolute atomic E-state index is 0.141. The van der Waals surface area contributed by atoms with Crippen LogP contribution in [0.4, 0.5) is 4.39 Å². The van der Waals surface area contributed by atoms with E-state index in [-0.39, 0.29) is 6.67 Å². The van der Waals surface area contributed by atoms with Gasteiger partial charge in [-0.2, -0.15) is 0 Å². The van der Waals surface area contributed by atoms with E-state index in [1.165, 1.54) is 32.2 Å². The van der Waals surface area contributed by atoms with Crippen molar-refractivity contribution in [2.45, 2.75) is 46.0 Å². The number of likely N-dealkylation sites (tertiary alicyclic amines) is 1. The molecule has 0 unspecified atom stereocenters. The van der Waals surface area contributed by atoms with Gasteiger partial charge in [-0.15, -0.1) is 0 Å². The lowest BCUT2D eigenvalue weighted by Gasteiger charge is -2.34. The molecule has 18 heavy (non-hydrogen) atoms. The predicted molar refractivity (Wildman–Crippen MR) is 74.6 cm³/mol. The highest BCUT2D eigenvalue weighted by Crippen LogP contribution is 2.46. The lowest BCUT2D eigenvalue weighted by Crippen LogP contribution is -2.39. The first-order valence-electron chi connectivity index (χ1n) is 7.55. The molecule has 0 aromatic carbocycles. The molecule has 1 aliphatic carbocycles. The van der Waals surface area contributed by atoms with E-state index in [1.807, 2.05) is 13.8 Å². The van der Waals surface area contributed by atoms with Crippen molar-refractivity contribution in [2.24, 2.45) is 11.3 Å². The van der Waals surface area contributed by atoms with Crippen LogP contribution in [-0.2, 0) is 4.74 Å². The van der Waals surface area contributed by atoms with E-state index >= 15 is 0 Å². The predicted octanol–water partition coefficient (Wildman–Crippen LogP) is 3.51. The first kappa shape index (κ1) is 15.9. The lowest BCUT2D eigenvalue weighted by molar-refractivity contribution is 0.0889. The van der Waals surface area contributed by atoms with Crippen LogP contribution in [0.25, 0.3) is 0 Å². The number of halogens is 1. The van der Waals surface area contributed by atoms with Gasteiger partial charge in [-0.25, -0.2) is 0 Å². The van der Waals surface area contributed by atoms with E-state index in [2.05, 4.69) is 4.90 Å². The fourth-order valence-electron chi connectivity index (χ4n) is 2.89. The summed E-state index contributed by atoms with van der Waals surface area (Å²) in [5.41, 5.74) is 0.474. The Hall–Kier alpha value is -0.150. The standard InChI is InChI=1S/C13H24FNO.C2H6/c1-16-11-13(5-6-13)10-15-8-3-12(2-7-14)4-9-15;1-2/h12H,2-11H2,1H3;1-2H3. The van der Waals surface area contributed by atoms with E-state index in [4.69, 9.17) is 4.74 Å². The van der Waals surface area contributed by atoms with E-state index in [0.29, 0.717) is 11.3 Å². The second-order valence-electron chi connectivity index (χ2n) is 5.63. The van der Waals surface area contributed by atoms with Crippen LogP contribution in [0.2, 0.25) is 0 Å². The minimum Gasteiger partial charge on any atom is -0.384 e. The number of nitrogens with zero attached hydrogens (tertiary/aromatic N) is 1. The fourth-order valence-corrected chi connectivity index (χ4v) is 2.89. The quantitative estimate of drug-likeness (QED) is 0.724. The molecule has 0 N–H and O–H groups in total. The third kappa shape index (κ3) is 4.85. The summed E-state index contributed by atoms with van der Waals surface area (Å²) in [5.74, 6) is 0.638. The Morgan fingerprint density at radius 3 is 2.28 bits per heavy atom. The van der Waals surface area contributed by atoms with Crippen LogP contribution in [0.3, 0.4) is 0 Å². The van der Waals surface area contributed by atoms with Crippen molar-refractivity contribution in [1.29, 1.82) is 0 Å².